The van der Waals surface area contributed by atoms with Crippen LogP contribution in [0, 0.1) is 10.1 Å². The predicted molar refractivity (Wildman–Crippen MR) is 57.0 cm³/mol. The van der Waals surface area contributed by atoms with E-state index in [1.165, 1.54) is 12.1 Å². The van der Waals surface area contributed by atoms with Crippen LogP contribution in [0.2, 0.25) is 0 Å². The minimum atomic E-state index is -0.437. The van der Waals surface area contributed by atoms with Gasteiger partial charge < -0.3 is 9.84 Å². The maximum Gasteiger partial charge on any atom is 0.273 e. The van der Waals surface area contributed by atoms with Crippen LogP contribution in [0.25, 0.3) is 0 Å². The van der Waals surface area contributed by atoms with E-state index in [0.29, 0.717) is 5.75 Å². The summed E-state index contributed by atoms with van der Waals surface area (Å²) in [4.78, 5) is 9.95. The maximum absolute atomic E-state index is 10.4. The van der Waals surface area contributed by atoms with Gasteiger partial charge in [0, 0.05) is 13.2 Å². The number of hydrogen-bond acceptors (Lipinski definition) is 4. The molecule has 1 N–H and O–H groups in total. The molecule has 0 aliphatic carbocycles. The van der Waals surface area contributed by atoms with E-state index >= 15 is 0 Å². The highest BCUT2D eigenvalue weighted by Gasteiger charge is 2.06. The first-order valence-electron chi connectivity index (χ1n) is 4.45. The highest BCUT2D eigenvalue weighted by atomic mass is 16.6. The van der Waals surface area contributed by atoms with Crippen LogP contribution in [0.15, 0.2) is 24.3 Å². The zero-order valence-corrected chi connectivity index (χ0v) is 9.01. The number of benzene rings is 1. The van der Waals surface area contributed by atoms with Crippen molar-refractivity contribution in [2.45, 2.75) is 20.0 Å². The highest BCUT2D eigenvalue weighted by molar-refractivity contribution is 5.37. The molecule has 1 aromatic rings. The monoisotopic (exact) mass is 213 g/mol. The summed E-state index contributed by atoms with van der Waals surface area (Å²) in [6.45, 7) is 3.75. The Bertz CT molecular complexity index is 312. The third-order valence-corrected chi connectivity index (χ3v) is 1.40. The molecule has 0 aromatic heterocycles. The summed E-state index contributed by atoms with van der Waals surface area (Å²) in [7, 11) is 1.00. The molecule has 1 rings (SSSR count). The number of nitro benzene ring substituents is 1. The van der Waals surface area contributed by atoms with Gasteiger partial charge in [0.1, 0.15) is 5.75 Å². The minimum absolute atomic E-state index is 0.0296. The molecule has 84 valence electrons. The summed E-state index contributed by atoms with van der Waals surface area (Å²) in [6, 6.07) is 6.16. The molecule has 0 fully saturated rings. The molecular weight excluding hydrogens is 198 g/mol. The van der Waals surface area contributed by atoms with Crippen LogP contribution in [-0.2, 0) is 0 Å². The molecule has 0 unspecified atom stereocenters. The number of rotatable bonds is 3. The van der Waals surface area contributed by atoms with Crippen molar-refractivity contribution < 1.29 is 14.8 Å². The summed E-state index contributed by atoms with van der Waals surface area (Å²) in [5.41, 5.74) is 0.0538. The van der Waals surface area contributed by atoms with Gasteiger partial charge in [-0.05, 0) is 19.9 Å². The van der Waals surface area contributed by atoms with Crippen molar-refractivity contribution in [1.82, 2.24) is 0 Å². The van der Waals surface area contributed by atoms with Crippen molar-refractivity contribution >= 4 is 5.69 Å². The van der Waals surface area contributed by atoms with E-state index in [2.05, 4.69) is 0 Å². The normalized spacial score (nSPS) is 9.13. The lowest BCUT2D eigenvalue weighted by Gasteiger charge is -2.08. The topological polar surface area (TPSA) is 72.6 Å². The second kappa shape index (κ2) is 6.78. The van der Waals surface area contributed by atoms with Crippen molar-refractivity contribution in [3.05, 3.63) is 34.4 Å². The largest absolute Gasteiger partial charge is 0.491 e. The lowest BCUT2D eigenvalue weighted by atomic mass is 10.3. The standard InChI is InChI=1S/C9H11NO3.CH4O/c1-7(2)13-9-5-3-4-8(6-9)10(11)12;1-2/h3-7H,1-2H3;2H,1H3. The zero-order valence-electron chi connectivity index (χ0n) is 9.01. The first-order valence-corrected chi connectivity index (χ1v) is 4.45. The van der Waals surface area contributed by atoms with E-state index in [0.717, 1.165) is 7.11 Å². The number of non-ortho nitro benzene ring substituents is 1. The number of aliphatic hydroxyl groups is 1. The van der Waals surface area contributed by atoms with Crippen molar-refractivity contribution in [2.24, 2.45) is 0 Å². The molecule has 5 nitrogen and oxygen atoms in total. The van der Waals surface area contributed by atoms with E-state index in [4.69, 9.17) is 9.84 Å². The van der Waals surface area contributed by atoms with Crippen LogP contribution in [-0.4, -0.2) is 23.2 Å². The Balaban J connectivity index is 0.000000921. The summed E-state index contributed by atoms with van der Waals surface area (Å²) >= 11 is 0. The number of nitro groups is 1. The smallest absolute Gasteiger partial charge is 0.273 e. The first-order chi connectivity index (χ1) is 7.09. The fourth-order valence-corrected chi connectivity index (χ4v) is 0.943. The first kappa shape index (κ1) is 13.4. The average molecular weight is 213 g/mol. The molecule has 0 saturated carbocycles. The number of nitrogens with zero attached hydrogens (tertiary/aromatic N) is 1. The molecule has 0 atom stereocenters. The van der Waals surface area contributed by atoms with Crippen molar-refractivity contribution in [3.63, 3.8) is 0 Å². The third-order valence-electron chi connectivity index (χ3n) is 1.40. The Labute approximate surface area is 88.5 Å². The molecule has 0 spiro atoms. The van der Waals surface area contributed by atoms with Crippen molar-refractivity contribution in [1.29, 1.82) is 0 Å². The quantitative estimate of drug-likeness (QED) is 0.615. The summed E-state index contributed by atoms with van der Waals surface area (Å²) in [6.07, 6.45) is 0.0296. The van der Waals surface area contributed by atoms with Crippen LogP contribution >= 0.6 is 0 Å². The van der Waals surface area contributed by atoms with E-state index in [-0.39, 0.29) is 11.8 Å². The third kappa shape index (κ3) is 4.97. The SMILES string of the molecule is CC(C)Oc1cccc([N+](=O)[O-])c1.CO. The fourth-order valence-electron chi connectivity index (χ4n) is 0.943. The van der Waals surface area contributed by atoms with E-state index in [1.54, 1.807) is 12.1 Å². The van der Waals surface area contributed by atoms with E-state index in [1.807, 2.05) is 13.8 Å². The van der Waals surface area contributed by atoms with Crippen molar-refractivity contribution in [3.8, 4) is 5.75 Å². The van der Waals surface area contributed by atoms with Crippen LogP contribution < -0.4 is 4.74 Å². The van der Waals surface area contributed by atoms with Gasteiger partial charge >= 0.3 is 0 Å². The van der Waals surface area contributed by atoms with Gasteiger partial charge in [0.05, 0.1) is 17.1 Å². The summed E-state index contributed by atoms with van der Waals surface area (Å²) in [5, 5.41) is 17.4. The highest BCUT2D eigenvalue weighted by Crippen LogP contribution is 2.19. The Morgan fingerprint density at radius 2 is 2.00 bits per heavy atom. The number of hydrogen-bond donors (Lipinski definition) is 1. The molecular formula is C10H15NO4. The second-order valence-electron chi connectivity index (χ2n) is 2.92. The number of aliphatic hydroxyl groups excluding tert-OH is 1. The Kier molecular flexibility index (Phi) is 6.05. The van der Waals surface area contributed by atoms with E-state index in [9.17, 15) is 10.1 Å². The lowest BCUT2D eigenvalue weighted by Crippen LogP contribution is -2.05. The van der Waals surface area contributed by atoms with Gasteiger partial charge in [-0.3, -0.25) is 10.1 Å². The fraction of sp³-hybridized carbons (Fsp3) is 0.400. The molecule has 0 saturated heterocycles. The van der Waals surface area contributed by atoms with Crippen LogP contribution in [0.4, 0.5) is 5.69 Å². The molecule has 15 heavy (non-hydrogen) atoms. The van der Waals surface area contributed by atoms with Gasteiger partial charge in [0.2, 0.25) is 0 Å². The van der Waals surface area contributed by atoms with Gasteiger partial charge in [-0.2, -0.15) is 0 Å². The molecule has 0 radical (unpaired) electrons. The van der Waals surface area contributed by atoms with Gasteiger partial charge in [-0.15, -0.1) is 0 Å². The van der Waals surface area contributed by atoms with Gasteiger partial charge in [0.15, 0.2) is 0 Å². The van der Waals surface area contributed by atoms with Crippen molar-refractivity contribution in [2.75, 3.05) is 7.11 Å². The predicted octanol–water partition coefficient (Wildman–Crippen LogP) is 1.99. The van der Waals surface area contributed by atoms with Crippen LogP contribution in [0.3, 0.4) is 0 Å². The van der Waals surface area contributed by atoms with E-state index < -0.39 is 4.92 Å². The molecule has 0 bridgehead atoms. The Morgan fingerprint density at radius 3 is 2.47 bits per heavy atom. The van der Waals surface area contributed by atoms with Gasteiger partial charge in [-0.1, -0.05) is 6.07 Å². The van der Waals surface area contributed by atoms with Gasteiger partial charge in [-0.25, -0.2) is 0 Å². The molecule has 5 heteroatoms. The molecule has 0 amide bonds. The second-order valence-corrected chi connectivity index (χ2v) is 2.92. The Morgan fingerprint density at radius 1 is 1.40 bits per heavy atom. The molecule has 1 aromatic carbocycles. The Hall–Kier alpha value is -1.62. The summed E-state index contributed by atoms with van der Waals surface area (Å²) < 4.78 is 5.30. The maximum atomic E-state index is 10.4. The summed E-state index contributed by atoms with van der Waals surface area (Å²) in [5.74, 6) is 0.532. The number of ether oxygens (including phenoxy) is 1. The average Bonchev–Trinajstić information content (AvgIpc) is 2.20. The van der Waals surface area contributed by atoms with Gasteiger partial charge in [0.25, 0.3) is 5.69 Å². The lowest BCUT2D eigenvalue weighted by molar-refractivity contribution is -0.384. The molecule has 0 heterocycles. The molecule has 0 aliphatic rings. The molecule has 0 aliphatic heterocycles. The van der Waals surface area contributed by atoms with Crippen LogP contribution in [0.1, 0.15) is 13.8 Å². The minimum Gasteiger partial charge on any atom is -0.491 e. The van der Waals surface area contributed by atoms with Crippen LogP contribution in [0.5, 0.6) is 5.75 Å². The zero-order chi connectivity index (χ0) is 11.8.